The first-order valence-corrected chi connectivity index (χ1v) is 12.1. The number of nitrogens with one attached hydrogen (secondary N) is 2. The summed E-state index contributed by atoms with van der Waals surface area (Å²) in [4.78, 5) is 22.6. The molecule has 0 bridgehead atoms. The molecule has 8 nitrogen and oxygen atoms in total. The maximum absolute atomic E-state index is 11.1. The second-order valence-electron chi connectivity index (χ2n) is 8.15. The van der Waals surface area contributed by atoms with Crippen molar-refractivity contribution in [3.63, 3.8) is 0 Å². The SMILES string of the molecule is CC(=O)NCc1ccc(-c2csc(NC(N)=NCc3ccccc3CN3CCCCC3)n2)o1.Cl.Cl. The summed E-state index contributed by atoms with van der Waals surface area (Å²) in [6.07, 6.45) is 3.89. The van der Waals surface area contributed by atoms with E-state index in [0.29, 0.717) is 41.4 Å². The molecule has 0 unspecified atom stereocenters. The molecule has 1 aliphatic heterocycles. The minimum Gasteiger partial charge on any atom is -0.458 e. The van der Waals surface area contributed by atoms with Crippen molar-refractivity contribution in [3.05, 3.63) is 58.7 Å². The minimum atomic E-state index is -0.100. The number of halogens is 2. The van der Waals surface area contributed by atoms with Crippen LogP contribution in [0.25, 0.3) is 11.5 Å². The number of hydrogen-bond donors (Lipinski definition) is 3. The largest absolute Gasteiger partial charge is 0.458 e. The smallest absolute Gasteiger partial charge is 0.217 e. The van der Waals surface area contributed by atoms with Crippen LogP contribution in [-0.2, 0) is 24.4 Å². The number of nitrogens with zero attached hydrogens (tertiary/aromatic N) is 3. The number of furan rings is 1. The van der Waals surface area contributed by atoms with Gasteiger partial charge in [-0.25, -0.2) is 9.98 Å². The number of thiazole rings is 1. The third-order valence-corrected chi connectivity index (χ3v) is 6.30. The van der Waals surface area contributed by atoms with E-state index in [0.717, 1.165) is 19.6 Å². The van der Waals surface area contributed by atoms with Gasteiger partial charge in [0.2, 0.25) is 5.91 Å². The van der Waals surface area contributed by atoms with Gasteiger partial charge in [-0.2, -0.15) is 0 Å². The van der Waals surface area contributed by atoms with Crippen molar-refractivity contribution < 1.29 is 9.21 Å². The van der Waals surface area contributed by atoms with Crippen molar-refractivity contribution in [2.24, 2.45) is 10.7 Å². The highest BCUT2D eigenvalue weighted by atomic mass is 35.5. The molecule has 3 aromatic rings. The zero-order chi connectivity index (χ0) is 23.0. The lowest BCUT2D eigenvalue weighted by Crippen LogP contribution is -2.29. The quantitative estimate of drug-likeness (QED) is 0.281. The Kier molecular flexibility index (Phi) is 11.5. The molecule has 0 radical (unpaired) electrons. The van der Waals surface area contributed by atoms with Gasteiger partial charge in [-0.15, -0.1) is 36.2 Å². The van der Waals surface area contributed by atoms with Gasteiger partial charge < -0.3 is 20.8 Å². The van der Waals surface area contributed by atoms with Gasteiger partial charge in [0.25, 0.3) is 0 Å². The summed E-state index contributed by atoms with van der Waals surface area (Å²) in [5.41, 5.74) is 9.34. The van der Waals surface area contributed by atoms with Crippen LogP contribution < -0.4 is 16.4 Å². The maximum Gasteiger partial charge on any atom is 0.217 e. The van der Waals surface area contributed by atoms with Crippen LogP contribution in [0.15, 0.2) is 51.2 Å². The first kappa shape index (κ1) is 28.6. The number of nitrogens with two attached hydrogens (primary N) is 1. The number of benzene rings is 1. The first-order valence-electron chi connectivity index (χ1n) is 11.2. The molecule has 1 aliphatic rings. The Morgan fingerprint density at radius 1 is 1.14 bits per heavy atom. The van der Waals surface area contributed by atoms with Crippen LogP contribution in [-0.4, -0.2) is 34.8 Å². The molecule has 1 fully saturated rings. The number of amides is 1. The number of piperidine rings is 1. The molecule has 0 saturated carbocycles. The minimum absolute atomic E-state index is 0. The van der Waals surface area contributed by atoms with Gasteiger partial charge in [-0.1, -0.05) is 30.7 Å². The Morgan fingerprint density at radius 2 is 1.89 bits per heavy atom. The van der Waals surface area contributed by atoms with Crippen LogP contribution in [0.3, 0.4) is 0 Å². The fraction of sp³-hybridized carbons (Fsp3) is 0.375. The van der Waals surface area contributed by atoms with Crippen molar-refractivity contribution in [1.82, 2.24) is 15.2 Å². The van der Waals surface area contributed by atoms with Gasteiger partial charge in [-0.05, 0) is 49.2 Å². The fourth-order valence-electron chi connectivity index (χ4n) is 3.81. The number of aliphatic imine (C=N–C) groups is 1. The Bertz CT molecular complexity index is 1110. The molecule has 0 aliphatic carbocycles. The first-order chi connectivity index (χ1) is 16.1. The lowest BCUT2D eigenvalue weighted by molar-refractivity contribution is -0.119. The monoisotopic (exact) mass is 538 g/mol. The normalized spacial score (nSPS) is 14.0. The van der Waals surface area contributed by atoms with E-state index in [-0.39, 0.29) is 30.7 Å². The molecule has 3 heterocycles. The van der Waals surface area contributed by atoms with E-state index in [1.54, 1.807) is 0 Å². The molecule has 2 aromatic heterocycles. The summed E-state index contributed by atoms with van der Waals surface area (Å²) >= 11 is 1.43. The lowest BCUT2D eigenvalue weighted by atomic mass is 10.1. The molecular weight excluding hydrogens is 507 g/mol. The van der Waals surface area contributed by atoms with Crippen LogP contribution in [0.2, 0.25) is 0 Å². The number of aromatic nitrogens is 1. The molecule has 4 N–H and O–H groups in total. The highest BCUT2D eigenvalue weighted by molar-refractivity contribution is 7.14. The average Bonchev–Trinajstić information content (AvgIpc) is 3.47. The topological polar surface area (TPSA) is 109 Å². The van der Waals surface area contributed by atoms with Crippen LogP contribution in [0, 0.1) is 0 Å². The summed E-state index contributed by atoms with van der Waals surface area (Å²) in [7, 11) is 0. The molecule has 1 aromatic carbocycles. The second kappa shape index (κ2) is 14.1. The van der Waals surface area contributed by atoms with Crippen molar-refractivity contribution in [1.29, 1.82) is 0 Å². The summed E-state index contributed by atoms with van der Waals surface area (Å²) in [6, 6.07) is 12.1. The summed E-state index contributed by atoms with van der Waals surface area (Å²) < 4.78 is 5.76. The van der Waals surface area contributed by atoms with Crippen molar-refractivity contribution >= 4 is 53.1 Å². The van der Waals surface area contributed by atoms with E-state index < -0.39 is 0 Å². The number of rotatable bonds is 8. The number of likely N-dealkylation sites (tertiary alicyclic amines) is 1. The van der Waals surface area contributed by atoms with E-state index in [4.69, 9.17) is 10.2 Å². The molecule has 1 amide bonds. The summed E-state index contributed by atoms with van der Waals surface area (Å²) in [5.74, 6) is 1.54. The number of guanidine groups is 1. The molecule has 11 heteroatoms. The Morgan fingerprint density at radius 3 is 2.63 bits per heavy atom. The predicted molar refractivity (Wildman–Crippen MR) is 146 cm³/mol. The Hall–Kier alpha value is -2.59. The highest BCUT2D eigenvalue weighted by Crippen LogP contribution is 2.26. The van der Waals surface area contributed by atoms with Gasteiger partial charge in [0.05, 0.1) is 13.1 Å². The van der Waals surface area contributed by atoms with Gasteiger partial charge in [0.1, 0.15) is 11.5 Å². The van der Waals surface area contributed by atoms with Crippen molar-refractivity contribution in [3.8, 4) is 11.5 Å². The highest BCUT2D eigenvalue weighted by Gasteiger charge is 2.13. The lowest BCUT2D eigenvalue weighted by Gasteiger charge is -2.27. The fourth-order valence-corrected chi connectivity index (χ4v) is 4.52. The number of carbonyl (C=O) groups excluding carboxylic acids is 1. The Labute approximate surface area is 222 Å². The van der Waals surface area contributed by atoms with Crippen LogP contribution in [0.4, 0.5) is 5.13 Å². The summed E-state index contributed by atoms with van der Waals surface area (Å²) in [5, 5.41) is 8.33. The maximum atomic E-state index is 11.1. The van der Waals surface area contributed by atoms with E-state index in [1.165, 1.54) is 48.6 Å². The number of carbonyl (C=O) groups is 1. The molecule has 1 saturated heterocycles. The summed E-state index contributed by atoms with van der Waals surface area (Å²) in [6.45, 7) is 5.63. The van der Waals surface area contributed by atoms with Gasteiger partial charge in [0.15, 0.2) is 16.9 Å². The van der Waals surface area contributed by atoms with Crippen LogP contribution in [0.1, 0.15) is 43.1 Å². The average molecular weight is 540 g/mol. The van der Waals surface area contributed by atoms with Crippen molar-refractivity contribution in [2.75, 3.05) is 18.4 Å². The zero-order valence-corrected chi connectivity index (χ0v) is 22.1. The van der Waals surface area contributed by atoms with Crippen molar-refractivity contribution in [2.45, 2.75) is 45.8 Å². The third kappa shape index (κ3) is 8.54. The van der Waals surface area contributed by atoms with E-state index in [9.17, 15) is 4.79 Å². The molecule has 190 valence electrons. The molecular formula is C24H32Cl2N6O2S. The van der Waals surface area contributed by atoms with Crippen LogP contribution >= 0.6 is 36.2 Å². The number of hydrogen-bond acceptors (Lipinski definition) is 6. The van der Waals surface area contributed by atoms with E-state index in [1.807, 2.05) is 23.6 Å². The van der Waals surface area contributed by atoms with E-state index in [2.05, 4.69) is 43.7 Å². The second-order valence-corrected chi connectivity index (χ2v) is 9.00. The molecule has 0 spiro atoms. The molecule has 4 rings (SSSR count). The third-order valence-electron chi connectivity index (χ3n) is 5.55. The van der Waals surface area contributed by atoms with Gasteiger partial charge in [0, 0.05) is 18.8 Å². The van der Waals surface area contributed by atoms with E-state index >= 15 is 0 Å². The Balaban J connectivity index is 0.00000216. The number of anilines is 1. The predicted octanol–water partition coefficient (Wildman–Crippen LogP) is 4.80. The standard InChI is InChI=1S/C24H30N6O2S.2ClH/c1-17(31)26-14-20-9-10-22(32-20)21-16-33-24(28-21)29-23(25)27-13-18-7-3-4-8-19(18)15-30-11-5-2-6-12-30;;/h3-4,7-10,16H,2,5-6,11-15H2,1H3,(H,26,31)(H3,25,27,28,29);2*1H. The van der Waals surface area contributed by atoms with Gasteiger partial charge >= 0.3 is 0 Å². The molecule has 35 heavy (non-hydrogen) atoms. The zero-order valence-electron chi connectivity index (χ0n) is 19.7. The molecule has 0 atom stereocenters. The van der Waals surface area contributed by atoms with Gasteiger partial charge in [-0.3, -0.25) is 9.69 Å². The van der Waals surface area contributed by atoms with Crippen LogP contribution in [0.5, 0.6) is 0 Å².